The molecule has 0 aromatic heterocycles. The fourth-order valence-electron chi connectivity index (χ4n) is 10.9. The van der Waals surface area contributed by atoms with Gasteiger partial charge in [0, 0.05) is 24.2 Å². The van der Waals surface area contributed by atoms with Crippen molar-refractivity contribution < 1.29 is 9.59 Å². The van der Waals surface area contributed by atoms with Gasteiger partial charge in [-0.2, -0.15) is 0 Å². The number of carbonyl (C=O) groups excluding carboxylic acids is 2. The Morgan fingerprint density at radius 2 is 1.38 bits per heavy atom. The predicted molar refractivity (Wildman–Crippen MR) is 130 cm³/mol. The van der Waals surface area contributed by atoms with Gasteiger partial charge < -0.3 is 0 Å². The standard InChI is InChI=1S/C30H48O2/c1-19-20(31)9-10-21-27(19,5)12-11-22-28(6)16-15-26(4)14-13-25(2,3)17-23(26)29(28,7)18-24(32)30(21,22)8/h19,21-23H,9-18H2,1-8H3/t19-,21-,22+,23-,26+,27+,28+,29-,30-/m0/s1. The number of Topliss-reactive ketones (excluding diaryl/α,β-unsaturated/α-hetero) is 2. The van der Waals surface area contributed by atoms with Gasteiger partial charge in [-0.1, -0.05) is 55.4 Å². The van der Waals surface area contributed by atoms with E-state index in [0.29, 0.717) is 46.6 Å². The van der Waals surface area contributed by atoms with E-state index in [1.807, 2.05) is 0 Å². The molecular formula is C30H48O2. The monoisotopic (exact) mass is 440 g/mol. The van der Waals surface area contributed by atoms with E-state index in [9.17, 15) is 9.59 Å². The Morgan fingerprint density at radius 1 is 0.719 bits per heavy atom. The van der Waals surface area contributed by atoms with Crippen molar-refractivity contribution in [3.8, 4) is 0 Å². The van der Waals surface area contributed by atoms with Crippen molar-refractivity contribution in [2.75, 3.05) is 0 Å². The molecular weight excluding hydrogens is 392 g/mol. The topological polar surface area (TPSA) is 34.1 Å². The molecule has 0 spiro atoms. The highest BCUT2D eigenvalue weighted by atomic mass is 16.1. The normalized spacial score (nSPS) is 57.1. The lowest BCUT2D eigenvalue weighted by molar-refractivity contribution is -0.244. The number of hydrogen-bond acceptors (Lipinski definition) is 2. The molecule has 0 unspecified atom stereocenters. The van der Waals surface area contributed by atoms with E-state index >= 15 is 0 Å². The molecule has 5 fully saturated rings. The summed E-state index contributed by atoms with van der Waals surface area (Å²) < 4.78 is 0. The van der Waals surface area contributed by atoms with E-state index < -0.39 is 0 Å². The third-order valence-electron chi connectivity index (χ3n) is 13.5. The molecule has 5 rings (SSSR count). The predicted octanol–water partition coefficient (Wildman–Crippen LogP) is 7.64. The fraction of sp³-hybridized carbons (Fsp3) is 0.933. The maximum atomic E-state index is 14.4. The zero-order valence-corrected chi connectivity index (χ0v) is 22.2. The van der Waals surface area contributed by atoms with Gasteiger partial charge in [0.2, 0.25) is 0 Å². The van der Waals surface area contributed by atoms with E-state index in [-0.39, 0.29) is 27.6 Å². The van der Waals surface area contributed by atoms with Crippen molar-refractivity contribution in [2.45, 2.75) is 120 Å². The van der Waals surface area contributed by atoms with Crippen LogP contribution >= 0.6 is 0 Å². The van der Waals surface area contributed by atoms with E-state index in [2.05, 4.69) is 55.4 Å². The van der Waals surface area contributed by atoms with Gasteiger partial charge in [0.15, 0.2) is 0 Å². The van der Waals surface area contributed by atoms with Crippen molar-refractivity contribution in [2.24, 2.45) is 56.2 Å². The zero-order valence-electron chi connectivity index (χ0n) is 22.2. The molecule has 5 aliphatic rings. The molecule has 0 heterocycles. The van der Waals surface area contributed by atoms with Crippen LogP contribution in [0.5, 0.6) is 0 Å². The Bertz CT molecular complexity index is 857. The van der Waals surface area contributed by atoms with Crippen LogP contribution in [0.1, 0.15) is 120 Å². The lowest BCUT2D eigenvalue weighted by Crippen LogP contribution is -2.70. The molecule has 0 aliphatic heterocycles. The molecule has 9 atom stereocenters. The Labute approximate surface area is 197 Å². The van der Waals surface area contributed by atoms with Gasteiger partial charge >= 0.3 is 0 Å². The highest BCUT2D eigenvalue weighted by molar-refractivity contribution is 5.89. The molecule has 0 radical (unpaired) electrons. The molecule has 32 heavy (non-hydrogen) atoms. The molecule has 0 aromatic rings. The Hall–Kier alpha value is -0.660. The van der Waals surface area contributed by atoms with Gasteiger partial charge in [0.1, 0.15) is 11.6 Å². The summed E-state index contributed by atoms with van der Waals surface area (Å²) in [6.45, 7) is 19.5. The van der Waals surface area contributed by atoms with Crippen LogP contribution in [0.4, 0.5) is 0 Å². The van der Waals surface area contributed by atoms with Crippen LogP contribution in [-0.4, -0.2) is 11.6 Å². The van der Waals surface area contributed by atoms with Crippen molar-refractivity contribution in [3.63, 3.8) is 0 Å². The number of carbonyl (C=O) groups is 2. The summed E-state index contributed by atoms with van der Waals surface area (Å²) in [6.07, 6.45) is 11.2. The Balaban J connectivity index is 1.60. The minimum Gasteiger partial charge on any atom is -0.299 e. The minimum atomic E-state index is -0.256. The number of ketones is 2. The van der Waals surface area contributed by atoms with Crippen molar-refractivity contribution >= 4 is 11.6 Å². The largest absolute Gasteiger partial charge is 0.299 e. The van der Waals surface area contributed by atoms with Crippen molar-refractivity contribution in [1.29, 1.82) is 0 Å². The third-order valence-corrected chi connectivity index (χ3v) is 13.5. The lowest BCUT2D eigenvalue weighted by Gasteiger charge is -2.74. The minimum absolute atomic E-state index is 0.00362. The molecule has 5 saturated carbocycles. The highest BCUT2D eigenvalue weighted by Gasteiger charge is 2.73. The smallest absolute Gasteiger partial charge is 0.139 e. The van der Waals surface area contributed by atoms with Crippen LogP contribution in [0.3, 0.4) is 0 Å². The molecule has 0 bridgehead atoms. The average molecular weight is 441 g/mol. The highest BCUT2D eigenvalue weighted by Crippen LogP contribution is 2.77. The summed E-state index contributed by atoms with van der Waals surface area (Å²) in [5, 5.41) is 0. The quantitative estimate of drug-likeness (QED) is 0.388. The van der Waals surface area contributed by atoms with Crippen molar-refractivity contribution in [3.05, 3.63) is 0 Å². The van der Waals surface area contributed by atoms with Gasteiger partial charge in [0.25, 0.3) is 0 Å². The first kappa shape index (κ1) is 23.1. The molecule has 2 heteroatoms. The summed E-state index contributed by atoms with van der Waals surface area (Å²) in [5.41, 5.74) is 0.846. The van der Waals surface area contributed by atoms with Gasteiger partial charge in [-0.15, -0.1) is 0 Å². The van der Waals surface area contributed by atoms with Gasteiger partial charge in [0.05, 0.1) is 0 Å². The first-order valence-corrected chi connectivity index (χ1v) is 13.7. The van der Waals surface area contributed by atoms with Gasteiger partial charge in [-0.3, -0.25) is 9.59 Å². The van der Waals surface area contributed by atoms with E-state index in [1.165, 1.54) is 32.1 Å². The van der Waals surface area contributed by atoms with Crippen LogP contribution < -0.4 is 0 Å². The molecule has 180 valence electrons. The third kappa shape index (κ3) is 2.59. The van der Waals surface area contributed by atoms with Crippen LogP contribution in [0.15, 0.2) is 0 Å². The molecule has 0 N–H and O–H groups in total. The van der Waals surface area contributed by atoms with Gasteiger partial charge in [-0.25, -0.2) is 0 Å². The zero-order chi connectivity index (χ0) is 23.5. The fourth-order valence-corrected chi connectivity index (χ4v) is 10.9. The Kier molecular flexibility index (Phi) is 4.70. The van der Waals surface area contributed by atoms with Crippen LogP contribution in [0.25, 0.3) is 0 Å². The summed E-state index contributed by atoms with van der Waals surface area (Å²) >= 11 is 0. The van der Waals surface area contributed by atoms with Gasteiger partial charge in [-0.05, 0) is 96.2 Å². The first-order valence-electron chi connectivity index (χ1n) is 13.7. The summed E-state index contributed by atoms with van der Waals surface area (Å²) in [7, 11) is 0. The molecule has 5 aliphatic carbocycles. The second kappa shape index (κ2) is 6.51. The number of rotatable bonds is 0. The van der Waals surface area contributed by atoms with Crippen LogP contribution in [-0.2, 0) is 9.59 Å². The SMILES string of the molecule is C[C@H]1C(=O)CC[C@H]2[C@]1(C)CC[C@H]1[C@@]2(C)C(=O)C[C@@]2(C)[C@H]3CC(C)(C)CC[C@]3(C)CC[C@]12C. The number of hydrogen-bond donors (Lipinski definition) is 0. The van der Waals surface area contributed by atoms with Crippen LogP contribution in [0, 0.1) is 56.2 Å². The summed E-state index contributed by atoms with van der Waals surface area (Å²) in [6, 6.07) is 0. The van der Waals surface area contributed by atoms with Crippen molar-refractivity contribution in [1.82, 2.24) is 0 Å². The number of fused-ring (bicyclic) bond motifs is 7. The van der Waals surface area contributed by atoms with Crippen LogP contribution in [0.2, 0.25) is 0 Å². The maximum Gasteiger partial charge on any atom is 0.139 e. The van der Waals surface area contributed by atoms with E-state index in [4.69, 9.17) is 0 Å². The first-order chi connectivity index (χ1) is 14.6. The van der Waals surface area contributed by atoms with E-state index in [1.54, 1.807) is 0 Å². The van der Waals surface area contributed by atoms with E-state index in [0.717, 1.165) is 25.7 Å². The molecule has 2 nitrogen and oxygen atoms in total. The maximum absolute atomic E-state index is 14.4. The second-order valence-corrected chi connectivity index (χ2v) is 15.2. The Morgan fingerprint density at radius 3 is 2.06 bits per heavy atom. The summed E-state index contributed by atoms with van der Waals surface area (Å²) in [5.74, 6) is 2.56. The molecule has 0 amide bonds. The molecule has 0 aromatic carbocycles. The molecule has 0 saturated heterocycles. The average Bonchev–Trinajstić information content (AvgIpc) is 2.70. The lowest BCUT2D eigenvalue weighted by atomic mass is 9.30. The summed E-state index contributed by atoms with van der Waals surface area (Å²) in [4.78, 5) is 27.1. The second-order valence-electron chi connectivity index (χ2n) is 15.2.